The van der Waals surface area contributed by atoms with Crippen LogP contribution in [0.4, 0.5) is 0 Å². The monoisotopic (exact) mass is 366 g/mol. The zero-order valence-corrected chi connectivity index (χ0v) is 15.0. The minimum absolute atomic E-state index is 0.0102. The van der Waals surface area contributed by atoms with E-state index in [9.17, 15) is 10.2 Å². The van der Waals surface area contributed by atoms with E-state index in [1.165, 1.54) is 0 Å². The Balaban J connectivity index is 0.000000970. The summed E-state index contributed by atoms with van der Waals surface area (Å²) in [5.41, 5.74) is 1.30. The van der Waals surface area contributed by atoms with E-state index in [0.29, 0.717) is 18.1 Å². The highest BCUT2D eigenvalue weighted by atomic mass is 35.5. The molecule has 0 saturated heterocycles. The van der Waals surface area contributed by atoms with Gasteiger partial charge >= 0.3 is 0 Å². The van der Waals surface area contributed by atoms with Crippen LogP contribution < -0.4 is 0 Å². The lowest BCUT2D eigenvalue weighted by Crippen LogP contribution is -2.46. The molecular weight excluding hydrogens is 344 g/mol. The second-order valence-electron chi connectivity index (χ2n) is 6.00. The molecule has 2 rings (SSSR count). The van der Waals surface area contributed by atoms with Crippen molar-refractivity contribution < 1.29 is 20.1 Å². The van der Waals surface area contributed by atoms with Crippen LogP contribution >= 0.6 is 11.6 Å². The van der Waals surface area contributed by atoms with E-state index in [2.05, 4.69) is 9.88 Å². The number of pyridine rings is 1. The van der Waals surface area contributed by atoms with Crippen molar-refractivity contribution in [2.75, 3.05) is 6.61 Å². The summed E-state index contributed by atoms with van der Waals surface area (Å²) in [5, 5.41) is 26.7. The number of aromatic hydroxyl groups is 1. The minimum Gasteiger partial charge on any atom is -0.506 e. The second kappa shape index (κ2) is 9.98. The maximum Gasteiger partial charge on any atom is 0.290 e. The van der Waals surface area contributed by atoms with Crippen molar-refractivity contribution in [1.82, 2.24) is 9.88 Å². The number of benzene rings is 1. The normalized spacial score (nSPS) is 10.9. The summed E-state index contributed by atoms with van der Waals surface area (Å²) < 4.78 is 0. The van der Waals surface area contributed by atoms with Gasteiger partial charge in [-0.25, -0.2) is 0 Å². The lowest BCUT2D eigenvalue weighted by molar-refractivity contribution is -0.122. The molecule has 0 fully saturated rings. The highest BCUT2D eigenvalue weighted by Crippen LogP contribution is 2.30. The van der Waals surface area contributed by atoms with Crippen LogP contribution in [0.2, 0.25) is 5.02 Å². The van der Waals surface area contributed by atoms with Gasteiger partial charge in [0.05, 0.1) is 17.3 Å². The molecule has 0 aliphatic carbocycles. The number of hydrogen-bond acceptors (Lipinski definition) is 5. The van der Waals surface area contributed by atoms with Crippen molar-refractivity contribution in [3.05, 3.63) is 58.9 Å². The fourth-order valence-electron chi connectivity index (χ4n) is 2.17. The molecule has 1 aromatic carbocycles. The lowest BCUT2D eigenvalue weighted by atomic mass is 10.0. The molecule has 1 aromatic heterocycles. The highest BCUT2D eigenvalue weighted by Gasteiger charge is 2.27. The number of aromatic nitrogens is 1. The Labute approximate surface area is 152 Å². The van der Waals surface area contributed by atoms with Crippen molar-refractivity contribution in [2.24, 2.45) is 0 Å². The van der Waals surface area contributed by atoms with Crippen LogP contribution in [0.25, 0.3) is 0 Å². The molecule has 0 unspecified atom stereocenters. The van der Waals surface area contributed by atoms with Crippen LogP contribution in [0.5, 0.6) is 5.75 Å². The first-order valence-electron chi connectivity index (χ1n) is 7.65. The van der Waals surface area contributed by atoms with Gasteiger partial charge in [-0.3, -0.25) is 14.7 Å². The van der Waals surface area contributed by atoms with Gasteiger partial charge < -0.3 is 15.3 Å². The molecule has 6 nitrogen and oxygen atoms in total. The van der Waals surface area contributed by atoms with E-state index in [4.69, 9.17) is 21.5 Å². The minimum atomic E-state index is -0.438. The lowest BCUT2D eigenvalue weighted by Gasteiger charge is -2.37. The maximum atomic E-state index is 9.75. The maximum absolute atomic E-state index is 9.75. The first-order valence-corrected chi connectivity index (χ1v) is 8.03. The number of phenolic OH excluding ortho intramolecular Hbond substituents is 1. The molecule has 0 amide bonds. The SMILES string of the molecule is CC(C)(CO)N(Cc1ccccn1)Cc1cccc(O)c1Cl.O=CO. The first kappa shape index (κ1) is 20.9. The van der Waals surface area contributed by atoms with E-state index in [-0.39, 0.29) is 18.8 Å². The van der Waals surface area contributed by atoms with E-state index in [1.54, 1.807) is 18.3 Å². The van der Waals surface area contributed by atoms with E-state index in [0.717, 1.165) is 11.3 Å². The molecule has 25 heavy (non-hydrogen) atoms. The average molecular weight is 367 g/mol. The third kappa shape index (κ3) is 6.34. The number of nitrogens with zero attached hydrogens (tertiary/aromatic N) is 2. The Morgan fingerprint density at radius 1 is 1.20 bits per heavy atom. The molecular formula is C18H23ClN2O4. The zero-order valence-electron chi connectivity index (χ0n) is 14.3. The summed E-state index contributed by atoms with van der Waals surface area (Å²) in [6.07, 6.45) is 1.75. The smallest absolute Gasteiger partial charge is 0.290 e. The quantitative estimate of drug-likeness (QED) is 0.680. The Kier molecular flexibility index (Phi) is 8.34. The van der Waals surface area contributed by atoms with Crippen LogP contribution in [0.15, 0.2) is 42.6 Å². The number of carbonyl (C=O) groups is 1. The van der Waals surface area contributed by atoms with Gasteiger partial charge in [0, 0.05) is 24.8 Å². The zero-order chi connectivity index (χ0) is 18.9. The summed E-state index contributed by atoms with van der Waals surface area (Å²) >= 11 is 6.18. The molecule has 0 aliphatic rings. The van der Waals surface area contributed by atoms with Gasteiger partial charge in [-0.05, 0) is 37.6 Å². The van der Waals surface area contributed by atoms with Crippen molar-refractivity contribution in [2.45, 2.75) is 32.5 Å². The third-order valence-electron chi connectivity index (χ3n) is 3.74. The van der Waals surface area contributed by atoms with Crippen molar-refractivity contribution >= 4 is 18.1 Å². The number of carboxylic acid groups (broad SMARTS) is 1. The third-order valence-corrected chi connectivity index (χ3v) is 4.18. The van der Waals surface area contributed by atoms with Gasteiger partial charge in [0.15, 0.2) is 0 Å². The summed E-state index contributed by atoms with van der Waals surface area (Å²) in [6.45, 7) is 4.79. The second-order valence-corrected chi connectivity index (χ2v) is 6.38. The van der Waals surface area contributed by atoms with Gasteiger partial charge in [-0.1, -0.05) is 29.8 Å². The molecule has 0 saturated carbocycles. The van der Waals surface area contributed by atoms with Crippen molar-refractivity contribution in [3.8, 4) is 5.75 Å². The molecule has 7 heteroatoms. The number of halogens is 1. The molecule has 136 valence electrons. The summed E-state index contributed by atoms with van der Waals surface area (Å²) in [4.78, 5) is 14.8. The molecule has 3 N–H and O–H groups in total. The number of aliphatic hydroxyl groups excluding tert-OH is 1. The van der Waals surface area contributed by atoms with Crippen LogP contribution in [0.3, 0.4) is 0 Å². The summed E-state index contributed by atoms with van der Waals surface area (Å²) in [5.74, 6) is 0.0683. The number of phenols is 1. The van der Waals surface area contributed by atoms with E-state index in [1.807, 2.05) is 38.1 Å². The number of aliphatic hydroxyl groups is 1. The largest absolute Gasteiger partial charge is 0.506 e. The molecule has 2 aromatic rings. The van der Waals surface area contributed by atoms with Crippen LogP contribution in [0.1, 0.15) is 25.1 Å². The molecule has 0 spiro atoms. The predicted molar refractivity (Wildman–Crippen MR) is 96.5 cm³/mol. The number of rotatable bonds is 6. The van der Waals surface area contributed by atoms with Crippen molar-refractivity contribution in [3.63, 3.8) is 0 Å². The molecule has 0 radical (unpaired) electrons. The van der Waals surface area contributed by atoms with Crippen LogP contribution in [-0.4, -0.2) is 43.8 Å². The van der Waals surface area contributed by atoms with Crippen molar-refractivity contribution in [1.29, 1.82) is 0 Å². The predicted octanol–water partition coefficient (Wildman–Crippen LogP) is 2.91. The Morgan fingerprint density at radius 2 is 1.88 bits per heavy atom. The summed E-state index contributed by atoms with van der Waals surface area (Å²) in [6, 6.07) is 11.0. The first-order chi connectivity index (χ1) is 11.9. The number of hydrogen-bond donors (Lipinski definition) is 3. The average Bonchev–Trinajstić information content (AvgIpc) is 2.60. The van der Waals surface area contributed by atoms with E-state index < -0.39 is 5.54 Å². The van der Waals surface area contributed by atoms with Gasteiger partial charge in [0.25, 0.3) is 6.47 Å². The fraction of sp³-hybridized carbons (Fsp3) is 0.333. The Morgan fingerprint density at radius 3 is 2.44 bits per heavy atom. The Bertz CT molecular complexity index is 665. The van der Waals surface area contributed by atoms with Gasteiger partial charge in [-0.15, -0.1) is 0 Å². The van der Waals surface area contributed by atoms with Crippen LogP contribution in [-0.2, 0) is 17.9 Å². The van der Waals surface area contributed by atoms with Crippen LogP contribution in [0, 0.1) is 0 Å². The fourth-order valence-corrected chi connectivity index (χ4v) is 2.35. The molecule has 0 bridgehead atoms. The van der Waals surface area contributed by atoms with Gasteiger partial charge in [-0.2, -0.15) is 0 Å². The molecule has 0 aliphatic heterocycles. The molecule has 0 atom stereocenters. The standard InChI is InChI=1S/C17H21ClN2O2.CH2O2/c1-17(2,12-21)20(11-14-7-3-4-9-19-14)10-13-6-5-8-15(22)16(13)18;2-1-3/h3-9,21-22H,10-12H2,1-2H3;1H,(H,2,3). The van der Waals surface area contributed by atoms with E-state index >= 15 is 0 Å². The Hall–Kier alpha value is -2.15. The molecule has 1 heterocycles. The highest BCUT2D eigenvalue weighted by molar-refractivity contribution is 6.32. The topological polar surface area (TPSA) is 93.9 Å². The van der Waals surface area contributed by atoms with Gasteiger partial charge in [0.1, 0.15) is 5.75 Å². The van der Waals surface area contributed by atoms with Gasteiger partial charge in [0.2, 0.25) is 0 Å². The summed E-state index contributed by atoms with van der Waals surface area (Å²) in [7, 11) is 0.